The average Bonchev–Trinajstić information content (AvgIpc) is 3.33. The molecule has 1 aromatic rings. The number of imide groups is 2. The van der Waals surface area contributed by atoms with Crippen LogP contribution in [-0.2, 0) is 42.8 Å². The van der Waals surface area contributed by atoms with Crippen LogP contribution in [0.25, 0.3) is 0 Å². The van der Waals surface area contributed by atoms with Gasteiger partial charge in [-0.25, -0.2) is 0 Å². The van der Waals surface area contributed by atoms with Crippen LogP contribution in [0.5, 0.6) is 0 Å². The number of carbonyl (C=O) groups excluding carboxylic acids is 5. The molecule has 1 aromatic carbocycles. The topological polar surface area (TPSA) is 168 Å². The van der Waals surface area contributed by atoms with E-state index >= 15 is 0 Å². The number of carbonyl (C=O) groups is 5. The Morgan fingerprint density at radius 1 is 0.771 bits per heavy atom. The van der Waals surface area contributed by atoms with Gasteiger partial charge in [0.2, 0.25) is 11.8 Å². The molecule has 0 aliphatic carbocycles. The Hall–Kier alpha value is -3.43. The van der Waals surface area contributed by atoms with Crippen molar-refractivity contribution in [1.29, 1.82) is 0 Å². The molecule has 48 heavy (non-hydrogen) atoms. The Kier molecular flexibility index (Phi) is 18.7. The lowest BCUT2D eigenvalue weighted by molar-refractivity contribution is -0.145. The number of nitrogens with one attached hydrogen (secondary N) is 2. The Labute approximate surface area is 282 Å². The molecule has 2 aliphatic heterocycles. The van der Waals surface area contributed by atoms with Crippen molar-refractivity contribution >= 4 is 35.3 Å². The number of nitrogens with zero attached hydrogens (tertiary/aromatic N) is 1. The monoisotopic (exact) mass is 677 g/mol. The fourth-order valence-electron chi connectivity index (χ4n) is 5.24. The molecular formula is C34H51N3O11. The number of amides is 4. The molecule has 1 unspecified atom stereocenters. The summed E-state index contributed by atoms with van der Waals surface area (Å²) in [6, 6.07) is 3.90. The highest BCUT2D eigenvalue weighted by molar-refractivity contribution is 6.25. The molecule has 0 aromatic heterocycles. The number of unbranched alkanes of at least 4 members (excludes halogenated alkanes) is 5. The fourth-order valence-corrected chi connectivity index (χ4v) is 5.24. The summed E-state index contributed by atoms with van der Waals surface area (Å²) in [6.45, 7) is 6.84. The Morgan fingerprint density at radius 2 is 1.35 bits per heavy atom. The molecule has 4 amide bonds. The molecule has 2 aliphatic rings. The van der Waals surface area contributed by atoms with E-state index in [1.54, 1.807) is 18.2 Å². The van der Waals surface area contributed by atoms with E-state index in [9.17, 15) is 24.0 Å². The molecule has 2 N–H and O–H groups in total. The number of hydrogen-bond donors (Lipinski definition) is 2. The maximum Gasteiger partial charge on any atom is 0.305 e. The van der Waals surface area contributed by atoms with Crippen molar-refractivity contribution in [2.75, 3.05) is 84.5 Å². The average molecular weight is 678 g/mol. The van der Waals surface area contributed by atoms with E-state index in [1.165, 1.54) is 25.7 Å². The highest BCUT2D eigenvalue weighted by Crippen LogP contribution is 2.32. The molecule has 1 atom stereocenters. The minimum Gasteiger partial charge on any atom is -0.463 e. The minimum absolute atomic E-state index is 0.0669. The number of esters is 1. The molecule has 268 valence electrons. The summed E-state index contributed by atoms with van der Waals surface area (Å²) in [7, 11) is 0. The van der Waals surface area contributed by atoms with Crippen LogP contribution in [0, 0.1) is 0 Å². The Balaban J connectivity index is 1.10. The van der Waals surface area contributed by atoms with Crippen molar-refractivity contribution in [3.8, 4) is 0 Å². The van der Waals surface area contributed by atoms with Gasteiger partial charge in [-0.3, -0.25) is 34.2 Å². The van der Waals surface area contributed by atoms with Gasteiger partial charge in [0.25, 0.3) is 11.8 Å². The van der Waals surface area contributed by atoms with E-state index in [1.807, 2.05) is 0 Å². The van der Waals surface area contributed by atoms with Gasteiger partial charge < -0.3 is 33.7 Å². The van der Waals surface area contributed by atoms with Crippen LogP contribution in [0.15, 0.2) is 18.2 Å². The molecule has 0 spiro atoms. The molecular weight excluding hydrogens is 626 g/mol. The molecule has 1 saturated heterocycles. The van der Waals surface area contributed by atoms with Crippen LogP contribution in [0.2, 0.25) is 0 Å². The molecule has 0 radical (unpaired) electrons. The van der Waals surface area contributed by atoms with E-state index in [4.69, 9.17) is 28.4 Å². The van der Waals surface area contributed by atoms with Crippen molar-refractivity contribution in [2.45, 2.75) is 70.8 Å². The second-order valence-electron chi connectivity index (χ2n) is 11.4. The SMILES string of the molecule is CCCCCCCCC(=O)OCCOCCOCCOCCOCCOCCNc1cccc2c1C(=O)N(C1CCC(=O)NC1=O)C2=O. The molecule has 0 saturated carbocycles. The molecule has 2 heterocycles. The standard InChI is InChI=1S/C34H51N3O11/c1-2-3-4-5-6-7-11-30(39)48-25-24-47-23-22-46-21-20-45-19-18-44-17-16-43-15-14-35-27-10-8-9-26-31(27)34(42)37(33(26)41)28-12-13-29(38)36-32(28)40/h8-10,28,35H,2-7,11-25H2,1H3,(H,36,38,40). The van der Waals surface area contributed by atoms with Crippen LogP contribution >= 0.6 is 0 Å². The normalized spacial score (nSPS) is 15.9. The summed E-state index contributed by atoms with van der Waals surface area (Å²) in [6.07, 6.45) is 7.47. The zero-order chi connectivity index (χ0) is 34.4. The summed E-state index contributed by atoms with van der Waals surface area (Å²) in [5.74, 6) is -2.33. The molecule has 3 rings (SSSR count). The smallest absolute Gasteiger partial charge is 0.305 e. The molecule has 0 bridgehead atoms. The molecule has 14 heteroatoms. The van der Waals surface area contributed by atoms with E-state index in [2.05, 4.69) is 17.6 Å². The number of anilines is 1. The van der Waals surface area contributed by atoms with E-state index in [0.717, 1.165) is 17.7 Å². The van der Waals surface area contributed by atoms with Gasteiger partial charge in [-0.2, -0.15) is 0 Å². The zero-order valence-electron chi connectivity index (χ0n) is 28.1. The van der Waals surface area contributed by atoms with E-state index in [0.29, 0.717) is 84.7 Å². The second kappa shape index (κ2) is 23.0. The quantitative estimate of drug-likeness (QED) is 0.0795. The third-order valence-electron chi connectivity index (χ3n) is 7.74. The number of fused-ring (bicyclic) bond motifs is 1. The first-order valence-electron chi connectivity index (χ1n) is 17.1. The predicted molar refractivity (Wildman–Crippen MR) is 175 cm³/mol. The summed E-state index contributed by atoms with van der Waals surface area (Å²) in [4.78, 5) is 62.5. The maximum absolute atomic E-state index is 13.1. The summed E-state index contributed by atoms with van der Waals surface area (Å²) in [5, 5.41) is 5.32. The van der Waals surface area contributed by atoms with Crippen LogP contribution in [0.4, 0.5) is 5.69 Å². The van der Waals surface area contributed by atoms with Gasteiger partial charge in [0.15, 0.2) is 0 Å². The van der Waals surface area contributed by atoms with Crippen molar-refractivity contribution in [2.24, 2.45) is 0 Å². The van der Waals surface area contributed by atoms with Crippen molar-refractivity contribution in [3.63, 3.8) is 0 Å². The maximum atomic E-state index is 13.1. The van der Waals surface area contributed by atoms with Crippen LogP contribution < -0.4 is 10.6 Å². The largest absolute Gasteiger partial charge is 0.463 e. The number of piperidine rings is 1. The van der Waals surface area contributed by atoms with Gasteiger partial charge >= 0.3 is 5.97 Å². The van der Waals surface area contributed by atoms with Gasteiger partial charge in [-0.15, -0.1) is 0 Å². The van der Waals surface area contributed by atoms with Crippen molar-refractivity contribution in [1.82, 2.24) is 10.2 Å². The van der Waals surface area contributed by atoms with Crippen LogP contribution in [-0.4, -0.2) is 120 Å². The highest BCUT2D eigenvalue weighted by atomic mass is 16.6. The molecule has 14 nitrogen and oxygen atoms in total. The van der Waals surface area contributed by atoms with Crippen LogP contribution in [0.3, 0.4) is 0 Å². The third kappa shape index (κ3) is 13.6. The van der Waals surface area contributed by atoms with E-state index in [-0.39, 0.29) is 36.5 Å². The van der Waals surface area contributed by atoms with Gasteiger partial charge in [0.05, 0.1) is 77.2 Å². The van der Waals surface area contributed by atoms with Crippen molar-refractivity contribution in [3.05, 3.63) is 29.3 Å². The second-order valence-corrected chi connectivity index (χ2v) is 11.4. The van der Waals surface area contributed by atoms with E-state index < -0.39 is 29.7 Å². The lowest BCUT2D eigenvalue weighted by Crippen LogP contribution is -2.54. The number of rotatable bonds is 27. The first-order chi connectivity index (χ1) is 23.4. The Morgan fingerprint density at radius 3 is 1.98 bits per heavy atom. The fraction of sp³-hybridized carbons (Fsp3) is 0.676. The number of ether oxygens (including phenoxy) is 6. The van der Waals surface area contributed by atoms with Gasteiger partial charge in [0, 0.05) is 25.1 Å². The van der Waals surface area contributed by atoms with Gasteiger partial charge in [-0.05, 0) is 25.0 Å². The molecule has 1 fully saturated rings. The first kappa shape index (κ1) is 39.0. The Bertz CT molecular complexity index is 1180. The minimum atomic E-state index is -1.01. The highest BCUT2D eigenvalue weighted by Gasteiger charge is 2.45. The predicted octanol–water partition coefficient (Wildman–Crippen LogP) is 2.88. The summed E-state index contributed by atoms with van der Waals surface area (Å²) < 4.78 is 32.6. The lowest BCUT2D eigenvalue weighted by Gasteiger charge is -2.27. The van der Waals surface area contributed by atoms with Crippen molar-refractivity contribution < 1.29 is 52.4 Å². The number of benzene rings is 1. The van der Waals surface area contributed by atoms with Gasteiger partial charge in [0.1, 0.15) is 12.6 Å². The van der Waals surface area contributed by atoms with Gasteiger partial charge in [-0.1, -0.05) is 45.1 Å². The number of hydrogen-bond acceptors (Lipinski definition) is 12. The van der Waals surface area contributed by atoms with Crippen LogP contribution in [0.1, 0.15) is 85.4 Å². The third-order valence-corrected chi connectivity index (χ3v) is 7.74. The summed E-state index contributed by atoms with van der Waals surface area (Å²) >= 11 is 0. The first-order valence-corrected chi connectivity index (χ1v) is 17.1. The zero-order valence-corrected chi connectivity index (χ0v) is 28.1. The lowest BCUT2D eigenvalue weighted by atomic mass is 10.0. The summed E-state index contributed by atoms with van der Waals surface area (Å²) in [5.41, 5.74) is 0.908.